The highest BCUT2D eigenvalue weighted by Gasteiger charge is 2.16. The van der Waals surface area contributed by atoms with E-state index in [0.717, 1.165) is 34.4 Å². The van der Waals surface area contributed by atoms with Gasteiger partial charge in [0.15, 0.2) is 6.61 Å². The molecule has 0 saturated heterocycles. The Morgan fingerprint density at radius 3 is 2.57 bits per heavy atom. The van der Waals surface area contributed by atoms with Gasteiger partial charge < -0.3 is 14.9 Å². The zero-order valence-electron chi connectivity index (χ0n) is 17.2. The summed E-state index contributed by atoms with van der Waals surface area (Å²) in [5.74, 6) is -0.858. The highest BCUT2D eigenvalue weighted by Crippen LogP contribution is 2.32. The summed E-state index contributed by atoms with van der Waals surface area (Å²) >= 11 is 0. The number of rotatable bonds is 7. The lowest BCUT2D eigenvalue weighted by Crippen LogP contribution is -2.12. The van der Waals surface area contributed by atoms with Gasteiger partial charge in [0.2, 0.25) is 0 Å². The van der Waals surface area contributed by atoms with Crippen molar-refractivity contribution in [1.29, 1.82) is 0 Å². The molecule has 30 heavy (non-hydrogen) atoms. The van der Waals surface area contributed by atoms with Crippen LogP contribution in [-0.2, 0) is 17.6 Å². The Hall–Kier alpha value is -3.41. The Labute approximate surface area is 174 Å². The first-order valence-electron chi connectivity index (χ1n) is 9.71. The molecule has 6 heteroatoms. The minimum atomic E-state index is -1.02. The average Bonchev–Trinajstić information content (AvgIpc) is 2.72. The number of halogens is 1. The number of hydrogen-bond acceptors (Lipinski definition) is 4. The number of hydrogen-bond donors (Lipinski definition) is 2. The largest absolute Gasteiger partial charge is 0.506 e. The molecule has 0 bridgehead atoms. The molecular formula is C24H24FNO4. The number of nitrogens with zero attached hydrogens (tertiary/aromatic N) is 1. The van der Waals surface area contributed by atoms with Gasteiger partial charge in [-0.1, -0.05) is 19.1 Å². The van der Waals surface area contributed by atoms with Gasteiger partial charge in [0.05, 0.1) is 0 Å². The molecule has 0 aliphatic heterocycles. The predicted molar refractivity (Wildman–Crippen MR) is 113 cm³/mol. The minimum Gasteiger partial charge on any atom is -0.506 e. The number of ether oxygens (including phenoxy) is 1. The molecule has 2 N–H and O–H groups in total. The van der Waals surface area contributed by atoms with Gasteiger partial charge in [0, 0.05) is 17.7 Å². The Morgan fingerprint density at radius 2 is 1.90 bits per heavy atom. The van der Waals surface area contributed by atoms with Crippen LogP contribution in [-0.4, -0.2) is 27.8 Å². The van der Waals surface area contributed by atoms with Crippen LogP contribution in [0, 0.1) is 19.7 Å². The van der Waals surface area contributed by atoms with Crippen molar-refractivity contribution in [2.24, 2.45) is 0 Å². The molecule has 0 aliphatic carbocycles. The Balaban J connectivity index is 1.99. The standard InChI is InChI=1S/C24H24FNO4/c1-4-16-11-22(30-13-23(28)29)15(3)14(2)20(16)12-19-8-9-21(27)24(26-19)17-6-5-7-18(25)10-17/h5-11,27H,4,12-13H2,1-3H3,(H,28,29). The molecule has 0 radical (unpaired) electrons. The van der Waals surface area contributed by atoms with Crippen molar-refractivity contribution in [3.8, 4) is 22.8 Å². The van der Waals surface area contributed by atoms with E-state index in [1.54, 1.807) is 24.3 Å². The van der Waals surface area contributed by atoms with Crippen LogP contribution >= 0.6 is 0 Å². The van der Waals surface area contributed by atoms with E-state index in [-0.39, 0.29) is 12.4 Å². The highest BCUT2D eigenvalue weighted by molar-refractivity contribution is 5.69. The smallest absolute Gasteiger partial charge is 0.341 e. The van der Waals surface area contributed by atoms with E-state index in [0.29, 0.717) is 23.4 Å². The van der Waals surface area contributed by atoms with Crippen LogP contribution in [0.3, 0.4) is 0 Å². The number of carboxylic acid groups (broad SMARTS) is 1. The topological polar surface area (TPSA) is 79.7 Å². The molecular weight excluding hydrogens is 385 g/mol. The van der Waals surface area contributed by atoms with Crippen LogP contribution < -0.4 is 4.74 Å². The Bertz CT molecular complexity index is 1090. The highest BCUT2D eigenvalue weighted by atomic mass is 19.1. The molecule has 156 valence electrons. The van der Waals surface area contributed by atoms with Gasteiger partial charge >= 0.3 is 5.97 Å². The Kier molecular flexibility index (Phi) is 6.35. The average molecular weight is 409 g/mol. The second-order valence-electron chi connectivity index (χ2n) is 7.16. The summed E-state index contributed by atoms with van der Waals surface area (Å²) in [6.45, 7) is 5.51. The van der Waals surface area contributed by atoms with Gasteiger partial charge in [0.1, 0.15) is 23.0 Å². The van der Waals surface area contributed by atoms with Crippen molar-refractivity contribution in [1.82, 2.24) is 4.98 Å². The van der Waals surface area contributed by atoms with Crippen molar-refractivity contribution in [3.63, 3.8) is 0 Å². The molecule has 3 rings (SSSR count). The Morgan fingerprint density at radius 1 is 1.13 bits per heavy atom. The van der Waals surface area contributed by atoms with Gasteiger partial charge in [-0.2, -0.15) is 0 Å². The first-order valence-corrected chi connectivity index (χ1v) is 9.71. The first-order chi connectivity index (χ1) is 14.3. The lowest BCUT2D eigenvalue weighted by Gasteiger charge is -2.18. The lowest BCUT2D eigenvalue weighted by molar-refractivity contribution is -0.139. The van der Waals surface area contributed by atoms with Crippen LogP contribution in [0.5, 0.6) is 11.5 Å². The molecule has 0 atom stereocenters. The van der Waals surface area contributed by atoms with E-state index in [1.807, 2.05) is 26.8 Å². The van der Waals surface area contributed by atoms with E-state index in [2.05, 4.69) is 4.98 Å². The van der Waals surface area contributed by atoms with E-state index in [4.69, 9.17) is 9.84 Å². The summed E-state index contributed by atoms with van der Waals surface area (Å²) in [6.07, 6.45) is 1.27. The summed E-state index contributed by atoms with van der Waals surface area (Å²) in [4.78, 5) is 15.4. The third-order valence-electron chi connectivity index (χ3n) is 5.20. The van der Waals surface area contributed by atoms with Crippen molar-refractivity contribution in [2.75, 3.05) is 6.61 Å². The van der Waals surface area contributed by atoms with Gasteiger partial charge in [-0.3, -0.25) is 0 Å². The van der Waals surface area contributed by atoms with Gasteiger partial charge in [-0.25, -0.2) is 14.2 Å². The fourth-order valence-corrected chi connectivity index (χ4v) is 3.48. The molecule has 0 unspecified atom stereocenters. The van der Waals surface area contributed by atoms with Gasteiger partial charge in [-0.15, -0.1) is 0 Å². The fourth-order valence-electron chi connectivity index (χ4n) is 3.48. The van der Waals surface area contributed by atoms with Crippen LogP contribution in [0.1, 0.15) is 34.9 Å². The van der Waals surface area contributed by atoms with E-state index in [1.165, 1.54) is 12.1 Å². The molecule has 3 aromatic rings. The number of carbonyl (C=O) groups is 1. The number of aryl methyl sites for hydroxylation is 1. The summed E-state index contributed by atoms with van der Waals surface area (Å²) in [5.41, 5.74) is 5.60. The van der Waals surface area contributed by atoms with E-state index >= 15 is 0 Å². The van der Waals surface area contributed by atoms with Crippen LogP contribution in [0.25, 0.3) is 11.3 Å². The van der Waals surface area contributed by atoms with Crippen molar-refractivity contribution < 1.29 is 24.1 Å². The number of benzene rings is 2. The minimum absolute atomic E-state index is 0.00890. The van der Waals surface area contributed by atoms with Gasteiger partial charge in [-0.05, 0) is 72.9 Å². The third-order valence-corrected chi connectivity index (χ3v) is 5.20. The zero-order valence-corrected chi connectivity index (χ0v) is 17.2. The fraction of sp³-hybridized carbons (Fsp3) is 0.250. The summed E-state index contributed by atoms with van der Waals surface area (Å²) in [6, 6.07) is 11.2. The third kappa shape index (κ3) is 4.59. The SMILES string of the molecule is CCc1cc(OCC(=O)O)c(C)c(C)c1Cc1ccc(O)c(-c2cccc(F)c2)n1. The second-order valence-corrected chi connectivity index (χ2v) is 7.16. The molecule has 0 amide bonds. The predicted octanol–water partition coefficient (Wildman–Crippen LogP) is 4.83. The molecule has 1 heterocycles. The summed E-state index contributed by atoms with van der Waals surface area (Å²) in [7, 11) is 0. The van der Waals surface area contributed by atoms with Crippen molar-refractivity contribution in [3.05, 3.63) is 76.2 Å². The van der Waals surface area contributed by atoms with E-state index in [9.17, 15) is 14.3 Å². The number of carboxylic acids is 1. The number of aromatic nitrogens is 1. The first kappa shape index (κ1) is 21.3. The zero-order chi connectivity index (χ0) is 21.8. The molecule has 0 spiro atoms. The van der Waals surface area contributed by atoms with Crippen molar-refractivity contribution >= 4 is 5.97 Å². The molecule has 0 saturated carbocycles. The summed E-state index contributed by atoms with van der Waals surface area (Å²) in [5, 5.41) is 19.1. The maximum absolute atomic E-state index is 13.6. The summed E-state index contributed by atoms with van der Waals surface area (Å²) < 4.78 is 19.1. The lowest BCUT2D eigenvalue weighted by atomic mass is 9.92. The van der Waals surface area contributed by atoms with Gasteiger partial charge in [0.25, 0.3) is 0 Å². The van der Waals surface area contributed by atoms with Crippen LogP contribution in [0.15, 0.2) is 42.5 Å². The maximum atomic E-state index is 13.6. The van der Waals surface area contributed by atoms with Crippen LogP contribution in [0.2, 0.25) is 0 Å². The normalized spacial score (nSPS) is 10.8. The second kappa shape index (κ2) is 8.95. The molecule has 5 nitrogen and oxygen atoms in total. The molecule has 0 fully saturated rings. The molecule has 0 aliphatic rings. The quantitative estimate of drug-likeness (QED) is 0.584. The number of aliphatic carboxylic acids is 1. The monoisotopic (exact) mass is 409 g/mol. The maximum Gasteiger partial charge on any atom is 0.341 e. The number of pyridine rings is 1. The van der Waals surface area contributed by atoms with Crippen molar-refractivity contribution in [2.45, 2.75) is 33.6 Å². The molecule has 2 aromatic carbocycles. The molecule has 1 aromatic heterocycles. The number of aromatic hydroxyl groups is 1. The van der Waals surface area contributed by atoms with E-state index < -0.39 is 11.8 Å². The van der Waals surface area contributed by atoms with Crippen LogP contribution in [0.4, 0.5) is 4.39 Å².